The molecule has 0 nitrogen and oxygen atoms in total. The van der Waals surface area contributed by atoms with Gasteiger partial charge in [0.1, 0.15) is 0 Å². The molecule has 0 aromatic heterocycles. The van der Waals surface area contributed by atoms with Crippen LogP contribution in [-0.2, 0) is 10.8 Å². The average molecular weight is 1430 g/mol. The van der Waals surface area contributed by atoms with Gasteiger partial charge in [-0.25, -0.2) is 0 Å². The number of benzene rings is 20. The maximum atomic E-state index is 2.32. The topological polar surface area (TPSA) is 0 Å². The van der Waals surface area contributed by atoms with Gasteiger partial charge in [0.25, 0.3) is 0 Å². The lowest BCUT2D eigenvalue weighted by molar-refractivity contribution is 0.590. The summed E-state index contributed by atoms with van der Waals surface area (Å²) in [5, 5.41) is 20.5. The monoisotopic (exact) mass is 1430 g/mol. The summed E-state index contributed by atoms with van der Waals surface area (Å²) in [6, 6.07) is 151. The molecule has 0 radical (unpaired) electrons. The van der Waals surface area contributed by atoms with Crippen molar-refractivity contribution in [1.29, 1.82) is 0 Å². The molecule has 0 fully saturated rings. The Hall–Kier alpha value is -13.5. The Kier molecular flexibility index (Phi) is 18.7. The van der Waals surface area contributed by atoms with Crippen molar-refractivity contribution < 1.29 is 0 Å². The van der Waals surface area contributed by atoms with E-state index in [4.69, 9.17) is 0 Å². The summed E-state index contributed by atoms with van der Waals surface area (Å²) in [5.74, 6) is 0. The maximum Gasteiger partial charge on any atom is -0.00987 e. The van der Waals surface area contributed by atoms with Crippen LogP contribution in [0, 0.1) is 0 Å². The van der Waals surface area contributed by atoms with Crippen LogP contribution in [0.4, 0.5) is 0 Å². The molecule has 0 aliphatic rings. The van der Waals surface area contributed by atoms with Crippen LogP contribution < -0.4 is 0 Å². The van der Waals surface area contributed by atoms with Crippen molar-refractivity contribution in [2.24, 2.45) is 0 Å². The third-order valence-electron chi connectivity index (χ3n) is 22.9. The van der Waals surface area contributed by atoms with E-state index in [0.717, 1.165) is 0 Å². The van der Waals surface area contributed by atoms with E-state index in [1.165, 1.54) is 197 Å². The molecule has 0 aliphatic carbocycles. The van der Waals surface area contributed by atoms with Gasteiger partial charge >= 0.3 is 0 Å². The molecular weight excluding hydrogens is 1350 g/mol. The van der Waals surface area contributed by atoms with Gasteiger partial charge in [-0.15, -0.1) is 0 Å². The summed E-state index contributed by atoms with van der Waals surface area (Å²) >= 11 is 0. The minimum absolute atomic E-state index is 0.145. The van der Waals surface area contributed by atoms with Gasteiger partial charge in [0.2, 0.25) is 0 Å². The predicted molar refractivity (Wildman–Crippen MR) is 486 cm³/mol. The fourth-order valence-electron chi connectivity index (χ4n) is 17.1. The zero-order chi connectivity index (χ0) is 75.9. The van der Waals surface area contributed by atoms with Gasteiger partial charge in [-0.05, 0) is 208 Å². The highest BCUT2D eigenvalue weighted by atomic mass is 14.3. The number of hydrogen-bond donors (Lipinski definition) is 0. The highest BCUT2D eigenvalue weighted by Crippen LogP contribution is 2.47. The summed E-state index contributed by atoms with van der Waals surface area (Å²) in [6.07, 6.45) is 0. The second kappa shape index (κ2) is 29.8. The largest absolute Gasteiger partial charge is 0.0622 e. The molecule has 0 N–H and O–H groups in total. The van der Waals surface area contributed by atoms with E-state index in [1.54, 1.807) is 0 Å². The molecule has 0 aliphatic heterocycles. The van der Waals surface area contributed by atoms with Crippen LogP contribution in [0.5, 0.6) is 0 Å². The lowest BCUT2D eigenvalue weighted by Gasteiger charge is -2.20. The Bertz CT molecular complexity index is 6470. The van der Waals surface area contributed by atoms with Crippen LogP contribution in [-0.4, -0.2) is 0 Å². The molecule has 0 heterocycles. The van der Waals surface area contributed by atoms with Crippen LogP contribution in [0.15, 0.2) is 413 Å². The Morgan fingerprint density at radius 3 is 0.500 bits per heavy atom. The van der Waals surface area contributed by atoms with Crippen LogP contribution in [0.3, 0.4) is 0 Å². The van der Waals surface area contributed by atoms with E-state index >= 15 is 0 Å². The Morgan fingerprint density at radius 1 is 0.116 bits per heavy atom. The van der Waals surface area contributed by atoms with Crippen LogP contribution >= 0.6 is 0 Å². The van der Waals surface area contributed by atoms with Crippen molar-refractivity contribution in [3.05, 3.63) is 424 Å². The number of hydrogen-bond acceptors (Lipinski definition) is 0. The Labute approximate surface area is 657 Å². The molecule has 534 valence electrons. The fraction of sp³-hybridized carbons (Fsp3) is 0.0714. The van der Waals surface area contributed by atoms with Crippen molar-refractivity contribution in [1.82, 2.24) is 0 Å². The van der Waals surface area contributed by atoms with Gasteiger partial charge in [0, 0.05) is 0 Å². The Morgan fingerprint density at radius 2 is 0.277 bits per heavy atom. The SMILES string of the molecule is CC(C)(C)c1ccc(-c2ccc(-c3ccc(-c4ccc(C(C)(C)C)cc4)c4ccccc34)c3ccccc23)cc1.c1ccc(-c2ccc(-c3ccc(-c4ccccc4)c4ccccc34)c3ccccc23)cc1.c1ccc2c(-c3ccc(-c4ccc(-c5cccc6ccccc56)c5ccccc45)c4ccccc34)cccc2c1. The van der Waals surface area contributed by atoms with Gasteiger partial charge in [0.15, 0.2) is 0 Å². The van der Waals surface area contributed by atoms with Gasteiger partial charge in [-0.3, -0.25) is 0 Å². The van der Waals surface area contributed by atoms with E-state index in [0.29, 0.717) is 0 Å². The molecule has 20 rings (SSSR count). The van der Waals surface area contributed by atoms with Crippen molar-refractivity contribution >= 4 is 86.2 Å². The summed E-state index contributed by atoms with van der Waals surface area (Å²) in [4.78, 5) is 0. The van der Waals surface area contributed by atoms with Crippen LogP contribution in [0.1, 0.15) is 52.7 Å². The molecule has 0 spiro atoms. The van der Waals surface area contributed by atoms with E-state index in [1.807, 2.05) is 0 Å². The molecule has 0 heteroatoms. The van der Waals surface area contributed by atoms with E-state index in [-0.39, 0.29) is 10.8 Å². The summed E-state index contributed by atoms with van der Waals surface area (Å²) < 4.78 is 0. The molecule has 0 unspecified atom stereocenters. The van der Waals surface area contributed by atoms with E-state index in [2.05, 4.69) is 454 Å². The first-order valence-electron chi connectivity index (χ1n) is 39.3. The summed E-state index contributed by atoms with van der Waals surface area (Å²) in [6.45, 7) is 13.6. The van der Waals surface area contributed by atoms with Crippen molar-refractivity contribution in [3.63, 3.8) is 0 Å². The minimum Gasteiger partial charge on any atom is -0.0622 e. The molecule has 0 atom stereocenters. The Balaban J connectivity index is 0.000000118. The molecular formula is C112H86. The van der Waals surface area contributed by atoms with Crippen molar-refractivity contribution in [3.8, 4) is 100 Å². The van der Waals surface area contributed by atoms with Gasteiger partial charge in [-0.1, -0.05) is 454 Å². The molecule has 0 saturated carbocycles. The van der Waals surface area contributed by atoms with E-state index in [9.17, 15) is 0 Å². The lowest BCUT2D eigenvalue weighted by Crippen LogP contribution is -2.10. The minimum atomic E-state index is 0.145. The molecule has 112 heavy (non-hydrogen) atoms. The smallest absolute Gasteiger partial charge is 0.00987 e. The second-order valence-electron chi connectivity index (χ2n) is 31.7. The molecule has 20 aromatic carbocycles. The third kappa shape index (κ3) is 13.4. The fourth-order valence-corrected chi connectivity index (χ4v) is 17.1. The van der Waals surface area contributed by atoms with Crippen molar-refractivity contribution in [2.75, 3.05) is 0 Å². The number of rotatable bonds is 9. The quantitative estimate of drug-likeness (QED) is 0.135. The first-order chi connectivity index (χ1) is 54.9. The molecule has 20 aromatic rings. The molecule has 0 amide bonds. The first-order valence-corrected chi connectivity index (χ1v) is 39.3. The zero-order valence-electron chi connectivity index (χ0n) is 64.3. The van der Waals surface area contributed by atoms with Gasteiger partial charge in [0.05, 0.1) is 0 Å². The first kappa shape index (κ1) is 70.2. The lowest BCUT2D eigenvalue weighted by atomic mass is 9.84. The molecule has 0 bridgehead atoms. The zero-order valence-corrected chi connectivity index (χ0v) is 64.3. The average Bonchev–Trinajstić information content (AvgIpc) is 0.702. The normalized spacial score (nSPS) is 11.7. The van der Waals surface area contributed by atoms with Crippen molar-refractivity contribution in [2.45, 2.75) is 52.4 Å². The van der Waals surface area contributed by atoms with E-state index < -0.39 is 0 Å². The number of fused-ring (bicyclic) bond motifs is 8. The summed E-state index contributed by atoms with van der Waals surface area (Å²) in [7, 11) is 0. The van der Waals surface area contributed by atoms with Gasteiger partial charge in [-0.2, -0.15) is 0 Å². The summed E-state index contributed by atoms with van der Waals surface area (Å²) in [5.41, 5.74) is 25.8. The highest BCUT2D eigenvalue weighted by Gasteiger charge is 2.21. The van der Waals surface area contributed by atoms with Crippen LogP contribution in [0.2, 0.25) is 0 Å². The standard InChI is InChI=1S/C40H26.C40H38.C32H22/c1-3-15-29-27(11-1)13-9-21-31(29)37-23-25-39(35-19-7-5-17-33(35)37)40-26-24-38(34-18-6-8-20-36(34)40)32-22-10-14-28-12-2-4-16-30(28)32;1-39(2,3)29-19-15-27(16-20-29)31-23-25-37(35-13-9-7-11-33(31)35)38-26-24-32(34-12-8-10-14-36(34)38)28-17-21-30(22-18-28)40(4,5)6;1-3-11-23(12-4-1)25-19-21-31(29-17-9-7-15-27(25)29)32-22-20-26(24-13-5-2-6-14-24)28-16-8-10-18-30(28)32/h1-26H;7-26H,1-6H3;1-22H. The van der Waals surface area contributed by atoms with Gasteiger partial charge < -0.3 is 0 Å². The second-order valence-corrected chi connectivity index (χ2v) is 31.7. The highest BCUT2D eigenvalue weighted by molar-refractivity contribution is 6.17. The predicted octanol–water partition coefficient (Wildman–Crippen LogP) is 31.9. The maximum absolute atomic E-state index is 2.32. The third-order valence-corrected chi connectivity index (χ3v) is 22.9. The van der Waals surface area contributed by atoms with Crippen LogP contribution in [0.25, 0.3) is 186 Å². The molecule has 0 saturated heterocycles.